The van der Waals surface area contributed by atoms with E-state index in [4.69, 9.17) is 5.73 Å². The molecule has 4 rings (SSSR count). The summed E-state index contributed by atoms with van der Waals surface area (Å²) in [5.74, 6) is 0.902. The molecule has 2 aromatic rings. The van der Waals surface area contributed by atoms with E-state index in [9.17, 15) is 0 Å². The van der Waals surface area contributed by atoms with Gasteiger partial charge < -0.3 is 10.6 Å². The van der Waals surface area contributed by atoms with Crippen LogP contribution >= 0.6 is 0 Å². The summed E-state index contributed by atoms with van der Waals surface area (Å²) in [5.41, 5.74) is 8.22. The van der Waals surface area contributed by atoms with Gasteiger partial charge in [-0.1, -0.05) is 0 Å². The number of anilines is 2. The molecule has 2 atom stereocenters. The highest BCUT2D eigenvalue weighted by Crippen LogP contribution is 2.42. The van der Waals surface area contributed by atoms with Crippen LogP contribution in [0, 0.1) is 5.92 Å². The largest absolute Gasteiger partial charge is 0.398 e. The first kappa shape index (κ1) is 10.2. The van der Waals surface area contributed by atoms with Crippen LogP contribution in [-0.4, -0.2) is 17.6 Å². The molecule has 1 saturated carbocycles. The van der Waals surface area contributed by atoms with Gasteiger partial charge in [0.15, 0.2) is 0 Å². The summed E-state index contributed by atoms with van der Waals surface area (Å²) in [7, 11) is 0. The maximum Gasteiger partial charge on any atom is 0.0465 e. The van der Waals surface area contributed by atoms with E-state index in [-0.39, 0.29) is 0 Å². The maximum atomic E-state index is 6.05. The van der Waals surface area contributed by atoms with Gasteiger partial charge in [0, 0.05) is 47.1 Å². The van der Waals surface area contributed by atoms with Crippen molar-refractivity contribution in [3.05, 3.63) is 30.6 Å². The van der Waals surface area contributed by atoms with Gasteiger partial charge in [0.2, 0.25) is 0 Å². The number of nitrogens with zero attached hydrogens (tertiary/aromatic N) is 2. The zero-order valence-electron chi connectivity index (χ0n) is 10.3. The number of benzene rings is 1. The van der Waals surface area contributed by atoms with Crippen LogP contribution in [0.25, 0.3) is 10.8 Å². The smallest absolute Gasteiger partial charge is 0.0465 e. The number of hydrogen-bond acceptors (Lipinski definition) is 3. The fourth-order valence-corrected chi connectivity index (χ4v) is 3.67. The fourth-order valence-electron chi connectivity index (χ4n) is 3.67. The Morgan fingerprint density at radius 2 is 2.11 bits per heavy atom. The summed E-state index contributed by atoms with van der Waals surface area (Å²) < 4.78 is 0. The Hall–Kier alpha value is -1.77. The van der Waals surface area contributed by atoms with Gasteiger partial charge in [0.05, 0.1) is 0 Å². The van der Waals surface area contributed by atoms with Crippen molar-refractivity contribution in [2.24, 2.45) is 5.92 Å². The highest BCUT2D eigenvalue weighted by atomic mass is 15.2. The van der Waals surface area contributed by atoms with Crippen molar-refractivity contribution >= 4 is 22.1 Å². The van der Waals surface area contributed by atoms with Crippen LogP contribution in [0.3, 0.4) is 0 Å². The number of piperidine rings is 1. The molecule has 2 bridgehead atoms. The normalized spacial score (nSPS) is 26.1. The Kier molecular flexibility index (Phi) is 2.04. The predicted molar refractivity (Wildman–Crippen MR) is 74.6 cm³/mol. The Morgan fingerprint density at radius 1 is 1.17 bits per heavy atom. The maximum absolute atomic E-state index is 6.05. The lowest BCUT2D eigenvalue weighted by atomic mass is 10.1. The van der Waals surface area contributed by atoms with Gasteiger partial charge in [-0.05, 0) is 43.4 Å². The Balaban J connectivity index is 1.88. The number of fused-ring (bicyclic) bond motifs is 3. The van der Waals surface area contributed by atoms with Crippen molar-refractivity contribution in [1.82, 2.24) is 4.98 Å². The second-order valence-corrected chi connectivity index (χ2v) is 5.58. The van der Waals surface area contributed by atoms with Gasteiger partial charge in [-0.2, -0.15) is 0 Å². The van der Waals surface area contributed by atoms with Crippen LogP contribution in [0.1, 0.15) is 19.3 Å². The molecule has 0 amide bonds. The zero-order chi connectivity index (χ0) is 12.1. The number of pyridine rings is 1. The molecule has 1 aliphatic heterocycles. The lowest BCUT2D eigenvalue weighted by molar-refractivity contribution is 0.554. The molecule has 2 unspecified atom stereocenters. The molecule has 1 aliphatic carbocycles. The van der Waals surface area contributed by atoms with Crippen LogP contribution in [0.15, 0.2) is 30.6 Å². The second-order valence-electron chi connectivity index (χ2n) is 5.58. The van der Waals surface area contributed by atoms with Gasteiger partial charge >= 0.3 is 0 Å². The van der Waals surface area contributed by atoms with Crippen molar-refractivity contribution < 1.29 is 0 Å². The first-order valence-electron chi connectivity index (χ1n) is 6.72. The van der Waals surface area contributed by atoms with Crippen LogP contribution in [0.4, 0.5) is 11.4 Å². The first-order chi connectivity index (χ1) is 8.83. The summed E-state index contributed by atoms with van der Waals surface area (Å²) in [6.07, 6.45) is 7.89. The van der Waals surface area contributed by atoms with Crippen molar-refractivity contribution in [2.45, 2.75) is 25.3 Å². The number of nitrogens with two attached hydrogens (primary N) is 1. The molecule has 0 radical (unpaired) electrons. The van der Waals surface area contributed by atoms with E-state index in [1.807, 2.05) is 24.5 Å². The van der Waals surface area contributed by atoms with Gasteiger partial charge in [0.1, 0.15) is 0 Å². The van der Waals surface area contributed by atoms with E-state index in [0.717, 1.165) is 23.0 Å². The van der Waals surface area contributed by atoms with Crippen molar-refractivity contribution in [1.29, 1.82) is 0 Å². The molecular formula is C15H17N3. The summed E-state index contributed by atoms with van der Waals surface area (Å²) in [4.78, 5) is 6.83. The lowest BCUT2D eigenvalue weighted by Crippen LogP contribution is -2.31. The molecule has 0 spiro atoms. The average molecular weight is 239 g/mol. The predicted octanol–water partition coefficient (Wildman–Crippen LogP) is 2.81. The third kappa shape index (κ3) is 1.33. The van der Waals surface area contributed by atoms with E-state index in [1.165, 1.54) is 36.9 Å². The molecule has 1 saturated heterocycles. The number of hydrogen-bond donors (Lipinski definition) is 1. The molecule has 2 aliphatic rings. The summed E-state index contributed by atoms with van der Waals surface area (Å²) >= 11 is 0. The molecule has 2 N–H and O–H groups in total. The Morgan fingerprint density at radius 3 is 2.89 bits per heavy atom. The van der Waals surface area contributed by atoms with Crippen LogP contribution < -0.4 is 10.6 Å². The van der Waals surface area contributed by atoms with E-state index in [0.29, 0.717) is 0 Å². The molecule has 18 heavy (non-hydrogen) atoms. The first-order valence-corrected chi connectivity index (χ1v) is 6.72. The molecule has 1 aromatic heterocycles. The third-order valence-electron chi connectivity index (χ3n) is 4.55. The van der Waals surface area contributed by atoms with Crippen LogP contribution in [-0.2, 0) is 0 Å². The van der Waals surface area contributed by atoms with Crippen LogP contribution in [0.2, 0.25) is 0 Å². The number of nitrogen functional groups attached to an aromatic ring is 1. The van der Waals surface area contributed by atoms with Gasteiger partial charge in [-0.15, -0.1) is 0 Å². The van der Waals surface area contributed by atoms with Gasteiger partial charge in [-0.25, -0.2) is 0 Å². The van der Waals surface area contributed by atoms with Crippen molar-refractivity contribution in [2.75, 3.05) is 17.2 Å². The molecule has 2 heterocycles. The molecular weight excluding hydrogens is 222 g/mol. The average Bonchev–Trinajstić information content (AvgIpc) is 3.02. The highest BCUT2D eigenvalue weighted by molar-refractivity contribution is 6.01. The minimum atomic E-state index is 0.738. The molecule has 2 fully saturated rings. The summed E-state index contributed by atoms with van der Waals surface area (Å²) in [5, 5.41) is 2.33. The SMILES string of the molecule is Nc1ccc(N2CC3CCC2C3)c2cnccc12. The lowest BCUT2D eigenvalue weighted by Gasteiger charge is -2.30. The Bertz CT molecular complexity index is 608. The molecule has 3 nitrogen and oxygen atoms in total. The monoisotopic (exact) mass is 239 g/mol. The Labute approximate surface area is 107 Å². The summed E-state index contributed by atoms with van der Waals surface area (Å²) in [6, 6.07) is 6.95. The quantitative estimate of drug-likeness (QED) is 0.778. The second kappa shape index (κ2) is 3.61. The van der Waals surface area contributed by atoms with Crippen molar-refractivity contribution in [3.8, 4) is 0 Å². The highest BCUT2D eigenvalue weighted by Gasteiger charge is 2.38. The number of rotatable bonds is 1. The van der Waals surface area contributed by atoms with E-state index < -0.39 is 0 Å². The molecule has 1 aromatic carbocycles. The topological polar surface area (TPSA) is 42.1 Å². The van der Waals surface area contributed by atoms with Crippen molar-refractivity contribution in [3.63, 3.8) is 0 Å². The van der Waals surface area contributed by atoms with E-state index in [2.05, 4.69) is 16.0 Å². The molecule has 3 heteroatoms. The third-order valence-corrected chi connectivity index (χ3v) is 4.55. The summed E-state index contributed by atoms with van der Waals surface area (Å²) in [6.45, 7) is 1.21. The van der Waals surface area contributed by atoms with Gasteiger partial charge in [-0.3, -0.25) is 4.98 Å². The standard InChI is InChI=1S/C15H17N3/c16-14-3-4-15(13-8-17-6-5-12(13)14)18-9-10-1-2-11(18)7-10/h3-6,8,10-11H,1-2,7,9,16H2. The molecule has 92 valence electrons. The van der Waals surface area contributed by atoms with E-state index >= 15 is 0 Å². The minimum absolute atomic E-state index is 0.738. The zero-order valence-corrected chi connectivity index (χ0v) is 10.3. The van der Waals surface area contributed by atoms with Crippen LogP contribution in [0.5, 0.6) is 0 Å². The van der Waals surface area contributed by atoms with Gasteiger partial charge in [0.25, 0.3) is 0 Å². The fraction of sp³-hybridized carbons (Fsp3) is 0.400. The minimum Gasteiger partial charge on any atom is -0.398 e. The number of aromatic nitrogens is 1. The van der Waals surface area contributed by atoms with E-state index in [1.54, 1.807) is 0 Å².